The van der Waals surface area contributed by atoms with E-state index < -0.39 is 17.3 Å². The van der Waals surface area contributed by atoms with Gasteiger partial charge in [0, 0.05) is 6.20 Å². The average molecular weight is 355 g/mol. The Bertz CT molecular complexity index is 730. The minimum absolute atomic E-state index is 0.0781. The van der Waals surface area contributed by atoms with Crippen LogP contribution in [0, 0.1) is 5.82 Å². The summed E-state index contributed by atoms with van der Waals surface area (Å²) in [5, 5.41) is 0. The highest BCUT2D eigenvalue weighted by molar-refractivity contribution is 9.10. The molecule has 0 saturated heterocycles. The number of hydrogen-bond donors (Lipinski definition) is 0. The van der Waals surface area contributed by atoms with Crippen LogP contribution in [0.25, 0.3) is 11.4 Å². The summed E-state index contributed by atoms with van der Waals surface area (Å²) in [6.07, 6.45) is 1.28. The Labute approximate surface area is 128 Å². The minimum Gasteiger partial charge on any atom is -0.465 e. The molecule has 0 bridgehead atoms. The van der Waals surface area contributed by atoms with Crippen LogP contribution in [0.2, 0.25) is 0 Å². The van der Waals surface area contributed by atoms with Crippen LogP contribution in [0.1, 0.15) is 6.92 Å². The lowest BCUT2D eigenvalue weighted by molar-refractivity contribution is -0.143. The van der Waals surface area contributed by atoms with Crippen molar-refractivity contribution in [2.75, 3.05) is 6.61 Å². The monoisotopic (exact) mass is 354 g/mol. The molecule has 1 heterocycles. The molecule has 0 amide bonds. The molecular formula is C14H12BrFN2O3. The van der Waals surface area contributed by atoms with Gasteiger partial charge in [-0.1, -0.05) is 12.1 Å². The molecule has 5 nitrogen and oxygen atoms in total. The number of carbonyl (C=O) groups excluding carboxylic acids is 1. The predicted molar refractivity (Wildman–Crippen MR) is 78.2 cm³/mol. The molecule has 0 aliphatic rings. The zero-order chi connectivity index (χ0) is 15.4. The first-order chi connectivity index (χ1) is 10.0. The Morgan fingerprint density at radius 2 is 2.14 bits per heavy atom. The molecule has 1 aromatic heterocycles. The van der Waals surface area contributed by atoms with Gasteiger partial charge in [-0.15, -0.1) is 0 Å². The summed E-state index contributed by atoms with van der Waals surface area (Å²) in [6, 6.07) is 5.91. The number of halogens is 2. The van der Waals surface area contributed by atoms with Gasteiger partial charge in [-0.3, -0.25) is 14.2 Å². The van der Waals surface area contributed by atoms with Gasteiger partial charge < -0.3 is 4.74 Å². The van der Waals surface area contributed by atoms with E-state index in [1.54, 1.807) is 13.0 Å². The van der Waals surface area contributed by atoms with Crippen molar-refractivity contribution in [2.24, 2.45) is 0 Å². The molecule has 2 rings (SSSR count). The smallest absolute Gasteiger partial charge is 0.326 e. The first-order valence-electron chi connectivity index (χ1n) is 6.20. The van der Waals surface area contributed by atoms with Crippen molar-refractivity contribution in [2.45, 2.75) is 13.5 Å². The maximum absolute atomic E-state index is 13.9. The summed E-state index contributed by atoms with van der Waals surface area (Å²) in [7, 11) is 0. The third-order valence-electron chi connectivity index (χ3n) is 2.71. The van der Waals surface area contributed by atoms with Crippen LogP contribution in [0.5, 0.6) is 0 Å². The van der Waals surface area contributed by atoms with E-state index in [0.29, 0.717) is 0 Å². The van der Waals surface area contributed by atoms with Crippen LogP contribution < -0.4 is 5.56 Å². The number of ether oxygens (including phenoxy) is 1. The van der Waals surface area contributed by atoms with Crippen LogP contribution in [-0.2, 0) is 16.1 Å². The van der Waals surface area contributed by atoms with Gasteiger partial charge in [0.2, 0.25) is 0 Å². The van der Waals surface area contributed by atoms with Gasteiger partial charge in [0.25, 0.3) is 5.56 Å². The Morgan fingerprint density at radius 3 is 2.81 bits per heavy atom. The Balaban J connectivity index is 2.57. The largest absolute Gasteiger partial charge is 0.465 e. The van der Waals surface area contributed by atoms with Crippen LogP contribution in [0.3, 0.4) is 0 Å². The molecule has 0 aliphatic heterocycles. The van der Waals surface area contributed by atoms with E-state index >= 15 is 0 Å². The summed E-state index contributed by atoms with van der Waals surface area (Å²) >= 11 is 3.06. The molecule has 2 aromatic rings. The summed E-state index contributed by atoms with van der Waals surface area (Å²) in [5.74, 6) is -1.03. The number of hydrogen-bond acceptors (Lipinski definition) is 4. The second-order valence-corrected chi connectivity index (χ2v) is 4.96. The molecule has 0 radical (unpaired) electrons. The quantitative estimate of drug-likeness (QED) is 0.791. The molecule has 0 saturated carbocycles. The number of rotatable bonds is 4. The van der Waals surface area contributed by atoms with Gasteiger partial charge in [-0.2, -0.15) is 0 Å². The Kier molecular flexibility index (Phi) is 4.85. The summed E-state index contributed by atoms with van der Waals surface area (Å²) in [6.45, 7) is 1.53. The molecular weight excluding hydrogens is 343 g/mol. The molecule has 0 N–H and O–H groups in total. The highest BCUT2D eigenvalue weighted by Gasteiger charge is 2.16. The Hall–Kier alpha value is -2.02. The Morgan fingerprint density at radius 1 is 1.43 bits per heavy atom. The van der Waals surface area contributed by atoms with Crippen molar-refractivity contribution in [3.63, 3.8) is 0 Å². The van der Waals surface area contributed by atoms with Gasteiger partial charge in [0.05, 0.1) is 12.2 Å². The zero-order valence-corrected chi connectivity index (χ0v) is 12.8. The van der Waals surface area contributed by atoms with Crippen LogP contribution >= 0.6 is 15.9 Å². The lowest BCUT2D eigenvalue weighted by Crippen LogP contribution is -2.28. The summed E-state index contributed by atoms with van der Waals surface area (Å²) in [4.78, 5) is 27.8. The summed E-state index contributed by atoms with van der Waals surface area (Å²) in [5.41, 5.74) is -0.331. The number of carbonyl (C=O) groups is 1. The highest BCUT2D eigenvalue weighted by atomic mass is 79.9. The highest BCUT2D eigenvalue weighted by Crippen LogP contribution is 2.20. The molecule has 0 aliphatic carbocycles. The van der Waals surface area contributed by atoms with Crippen LogP contribution in [0.15, 0.2) is 39.7 Å². The third-order valence-corrected chi connectivity index (χ3v) is 3.26. The van der Waals surface area contributed by atoms with Crippen molar-refractivity contribution in [1.82, 2.24) is 9.55 Å². The third kappa shape index (κ3) is 3.36. The second-order valence-electron chi connectivity index (χ2n) is 4.11. The van der Waals surface area contributed by atoms with Gasteiger partial charge in [-0.25, -0.2) is 9.37 Å². The predicted octanol–water partition coefficient (Wildman–Crippen LogP) is 2.38. The molecule has 0 atom stereocenters. The van der Waals surface area contributed by atoms with E-state index in [2.05, 4.69) is 20.9 Å². The van der Waals surface area contributed by atoms with Crippen LogP contribution in [-0.4, -0.2) is 22.1 Å². The van der Waals surface area contributed by atoms with E-state index in [0.717, 1.165) is 4.57 Å². The average Bonchev–Trinajstić information content (AvgIpc) is 2.45. The topological polar surface area (TPSA) is 61.2 Å². The van der Waals surface area contributed by atoms with E-state index in [-0.39, 0.29) is 29.0 Å². The first-order valence-corrected chi connectivity index (χ1v) is 6.99. The van der Waals surface area contributed by atoms with Gasteiger partial charge in [0.1, 0.15) is 22.7 Å². The molecule has 21 heavy (non-hydrogen) atoms. The van der Waals surface area contributed by atoms with Crippen molar-refractivity contribution in [3.05, 3.63) is 51.1 Å². The normalized spacial score (nSPS) is 10.4. The maximum atomic E-state index is 13.9. The fraction of sp³-hybridized carbons (Fsp3) is 0.214. The molecule has 1 aromatic carbocycles. The summed E-state index contributed by atoms with van der Waals surface area (Å²) < 4.78 is 20.0. The van der Waals surface area contributed by atoms with Gasteiger partial charge >= 0.3 is 5.97 Å². The zero-order valence-electron chi connectivity index (χ0n) is 11.2. The molecule has 7 heteroatoms. The minimum atomic E-state index is -0.586. The maximum Gasteiger partial charge on any atom is 0.326 e. The lowest BCUT2D eigenvalue weighted by atomic mass is 10.2. The van der Waals surface area contributed by atoms with E-state index in [1.165, 1.54) is 24.4 Å². The van der Waals surface area contributed by atoms with Crippen molar-refractivity contribution < 1.29 is 13.9 Å². The number of esters is 1. The first kappa shape index (κ1) is 15.4. The van der Waals surface area contributed by atoms with E-state index in [1.807, 2.05) is 0 Å². The molecule has 0 fully saturated rings. The molecule has 110 valence electrons. The van der Waals surface area contributed by atoms with Crippen LogP contribution in [0.4, 0.5) is 4.39 Å². The van der Waals surface area contributed by atoms with Crippen molar-refractivity contribution in [3.8, 4) is 11.4 Å². The number of nitrogens with zero attached hydrogens (tertiary/aromatic N) is 2. The number of aromatic nitrogens is 2. The van der Waals surface area contributed by atoms with Crippen molar-refractivity contribution >= 4 is 21.9 Å². The second kappa shape index (κ2) is 6.62. The van der Waals surface area contributed by atoms with Crippen molar-refractivity contribution in [1.29, 1.82) is 0 Å². The van der Waals surface area contributed by atoms with E-state index in [4.69, 9.17) is 4.74 Å². The van der Waals surface area contributed by atoms with E-state index in [9.17, 15) is 14.0 Å². The fourth-order valence-corrected chi connectivity index (χ4v) is 2.12. The fourth-order valence-electron chi connectivity index (χ4n) is 1.81. The van der Waals surface area contributed by atoms with Gasteiger partial charge in [-0.05, 0) is 35.0 Å². The standard InChI is InChI=1S/C14H12BrFN2O3/c1-2-21-12(19)8-18-13(17-7-10(15)14(18)20)9-5-3-4-6-11(9)16/h3-7H,2,8H2,1H3. The molecule has 0 unspecified atom stereocenters. The number of benzene rings is 1. The molecule has 0 spiro atoms. The SMILES string of the molecule is CCOC(=O)Cn1c(-c2ccccc2F)ncc(Br)c1=O. The lowest BCUT2D eigenvalue weighted by Gasteiger charge is -2.12. The van der Waals surface area contributed by atoms with Gasteiger partial charge in [0.15, 0.2) is 0 Å².